The number of ether oxygens (including phenoxy) is 1. The highest BCUT2D eigenvalue weighted by Crippen LogP contribution is 2.24. The molecule has 0 fully saturated rings. The second kappa shape index (κ2) is 7.41. The van der Waals surface area contributed by atoms with Crippen LogP contribution in [0, 0.1) is 5.82 Å². The van der Waals surface area contributed by atoms with Crippen molar-refractivity contribution in [3.63, 3.8) is 0 Å². The number of aromatic nitrogens is 5. The van der Waals surface area contributed by atoms with Gasteiger partial charge in [-0.25, -0.2) is 9.37 Å². The van der Waals surface area contributed by atoms with Gasteiger partial charge in [0.15, 0.2) is 11.2 Å². The van der Waals surface area contributed by atoms with Gasteiger partial charge in [-0.15, -0.1) is 18.3 Å². The quantitative estimate of drug-likeness (QED) is 0.453. The Balaban J connectivity index is 1.68. The number of halogens is 5. The SMILES string of the molecule is O=c1c2nnn(-c3ccc(OC(F)(F)F)cc3)c2ncn1Cc1c(F)cccc1Cl. The smallest absolute Gasteiger partial charge is 0.406 e. The van der Waals surface area contributed by atoms with E-state index >= 15 is 0 Å². The molecule has 0 aliphatic rings. The lowest BCUT2D eigenvalue weighted by Gasteiger charge is -2.09. The van der Waals surface area contributed by atoms with Gasteiger partial charge in [0.05, 0.1) is 12.2 Å². The molecule has 2 heterocycles. The third-order valence-electron chi connectivity index (χ3n) is 4.13. The highest BCUT2D eigenvalue weighted by atomic mass is 35.5. The number of benzene rings is 2. The second-order valence-corrected chi connectivity index (χ2v) is 6.50. The monoisotopic (exact) mass is 439 g/mol. The van der Waals surface area contributed by atoms with Crippen LogP contribution in [0.15, 0.2) is 53.6 Å². The molecule has 0 radical (unpaired) electrons. The molecule has 0 N–H and O–H groups in total. The minimum atomic E-state index is -4.81. The highest BCUT2D eigenvalue weighted by molar-refractivity contribution is 6.31. The Morgan fingerprint density at radius 2 is 1.83 bits per heavy atom. The molecule has 4 aromatic rings. The van der Waals surface area contributed by atoms with Crippen LogP contribution in [0.5, 0.6) is 5.75 Å². The first-order valence-electron chi connectivity index (χ1n) is 8.33. The van der Waals surface area contributed by atoms with Crippen molar-refractivity contribution in [1.82, 2.24) is 24.5 Å². The average molecular weight is 440 g/mol. The Morgan fingerprint density at radius 3 is 2.50 bits per heavy atom. The summed E-state index contributed by atoms with van der Waals surface area (Å²) in [5.41, 5.74) is -0.160. The number of alkyl halides is 3. The van der Waals surface area contributed by atoms with Crippen molar-refractivity contribution >= 4 is 22.8 Å². The predicted molar refractivity (Wildman–Crippen MR) is 98.1 cm³/mol. The summed E-state index contributed by atoms with van der Waals surface area (Å²) in [5, 5.41) is 7.80. The van der Waals surface area contributed by atoms with Crippen molar-refractivity contribution in [2.24, 2.45) is 0 Å². The zero-order chi connectivity index (χ0) is 21.5. The summed E-state index contributed by atoms with van der Waals surface area (Å²) >= 11 is 6.00. The molecule has 4 rings (SSSR count). The normalized spacial score (nSPS) is 11.8. The molecule has 0 amide bonds. The van der Waals surface area contributed by atoms with Gasteiger partial charge in [0.1, 0.15) is 17.9 Å². The number of hydrogen-bond donors (Lipinski definition) is 0. The van der Waals surface area contributed by atoms with Crippen LogP contribution in [0.2, 0.25) is 5.02 Å². The summed E-state index contributed by atoms with van der Waals surface area (Å²) in [6, 6.07) is 8.97. The van der Waals surface area contributed by atoms with E-state index in [0.29, 0.717) is 5.69 Å². The molecule has 0 aliphatic carbocycles. The Morgan fingerprint density at radius 1 is 1.10 bits per heavy atom. The van der Waals surface area contributed by atoms with Gasteiger partial charge < -0.3 is 4.74 Å². The number of rotatable bonds is 4. The number of fused-ring (bicyclic) bond motifs is 1. The van der Waals surface area contributed by atoms with Crippen LogP contribution in [-0.4, -0.2) is 30.9 Å². The molecule has 0 aliphatic heterocycles. The maximum absolute atomic E-state index is 14.0. The van der Waals surface area contributed by atoms with E-state index in [1.807, 2.05) is 0 Å². The molecule has 2 aromatic heterocycles. The first kappa shape index (κ1) is 19.8. The van der Waals surface area contributed by atoms with Gasteiger partial charge in [-0.3, -0.25) is 9.36 Å². The molecule has 154 valence electrons. The third kappa shape index (κ3) is 3.83. The van der Waals surface area contributed by atoms with Crippen LogP contribution in [-0.2, 0) is 6.54 Å². The van der Waals surface area contributed by atoms with E-state index in [9.17, 15) is 22.4 Å². The van der Waals surface area contributed by atoms with Crippen molar-refractivity contribution in [2.45, 2.75) is 12.9 Å². The van der Waals surface area contributed by atoms with Crippen molar-refractivity contribution < 1.29 is 22.3 Å². The van der Waals surface area contributed by atoms with E-state index in [4.69, 9.17) is 11.6 Å². The topological polar surface area (TPSA) is 74.8 Å². The molecule has 2 aromatic carbocycles. The van der Waals surface area contributed by atoms with E-state index in [1.165, 1.54) is 41.3 Å². The molecule has 30 heavy (non-hydrogen) atoms. The van der Waals surface area contributed by atoms with Gasteiger partial charge >= 0.3 is 6.36 Å². The van der Waals surface area contributed by atoms with Gasteiger partial charge in [0.2, 0.25) is 0 Å². The van der Waals surface area contributed by atoms with Crippen LogP contribution in [0.3, 0.4) is 0 Å². The number of hydrogen-bond acceptors (Lipinski definition) is 5. The molecule has 0 unspecified atom stereocenters. The predicted octanol–water partition coefficient (Wildman–Crippen LogP) is 3.72. The first-order chi connectivity index (χ1) is 14.2. The Bertz CT molecular complexity index is 1260. The zero-order valence-corrected chi connectivity index (χ0v) is 15.5. The molecule has 0 spiro atoms. The van der Waals surface area contributed by atoms with Gasteiger partial charge in [-0.2, -0.15) is 4.68 Å². The lowest BCUT2D eigenvalue weighted by Crippen LogP contribution is -2.22. The number of nitrogens with zero attached hydrogens (tertiary/aromatic N) is 5. The van der Waals surface area contributed by atoms with Crippen LogP contribution in [0.25, 0.3) is 16.9 Å². The van der Waals surface area contributed by atoms with Gasteiger partial charge in [-0.05, 0) is 36.4 Å². The standard InChI is InChI=1S/C18H10ClF4N5O2/c19-13-2-1-3-14(20)12(13)8-27-9-24-16-15(17(27)29)25-26-28(16)10-4-6-11(7-5-10)30-18(21,22)23/h1-7,9H,8H2. The van der Waals surface area contributed by atoms with Crippen molar-refractivity contribution in [3.05, 3.63) is 75.5 Å². The average Bonchev–Trinajstić information content (AvgIpc) is 3.11. The van der Waals surface area contributed by atoms with E-state index in [0.717, 1.165) is 16.7 Å². The molecular formula is C18H10ClF4N5O2. The Labute approximate surface area is 170 Å². The maximum Gasteiger partial charge on any atom is 0.573 e. The minimum Gasteiger partial charge on any atom is -0.406 e. The summed E-state index contributed by atoms with van der Waals surface area (Å²) in [4.78, 5) is 16.8. The van der Waals surface area contributed by atoms with Crippen molar-refractivity contribution in [1.29, 1.82) is 0 Å². The van der Waals surface area contributed by atoms with Crippen molar-refractivity contribution in [3.8, 4) is 11.4 Å². The summed E-state index contributed by atoms with van der Waals surface area (Å²) in [6.45, 7) is -0.163. The fourth-order valence-electron chi connectivity index (χ4n) is 2.77. The maximum atomic E-state index is 14.0. The molecule has 0 saturated carbocycles. The molecule has 0 atom stereocenters. The lowest BCUT2D eigenvalue weighted by atomic mass is 10.2. The Kier molecular flexibility index (Phi) is 4.90. The van der Waals surface area contributed by atoms with Crippen molar-refractivity contribution in [2.75, 3.05) is 0 Å². The lowest BCUT2D eigenvalue weighted by molar-refractivity contribution is -0.274. The van der Waals surface area contributed by atoms with Gasteiger partial charge in [0.25, 0.3) is 5.56 Å². The van der Waals surface area contributed by atoms with Gasteiger partial charge in [-0.1, -0.05) is 22.9 Å². The van der Waals surface area contributed by atoms with Crippen LogP contribution < -0.4 is 10.3 Å². The van der Waals surface area contributed by atoms with E-state index in [2.05, 4.69) is 20.0 Å². The highest BCUT2D eigenvalue weighted by Gasteiger charge is 2.31. The van der Waals surface area contributed by atoms with Crippen LogP contribution in [0.4, 0.5) is 17.6 Å². The van der Waals surface area contributed by atoms with Crippen LogP contribution in [0.1, 0.15) is 5.56 Å². The fraction of sp³-hybridized carbons (Fsp3) is 0.111. The molecular weight excluding hydrogens is 430 g/mol. The van der Waals surface area contributed by atoms with E-state index < -0.39 is 23.5 Å². The molecule has 0 bridgehead atoms. The fourth-order valence-corrected chi connectivity index (χ4v) is 3.00. The van der Waals surface area contributed by atoms with E-state index in [1.54, 1.807) is 0 Å². The van der Waals surface area contributed by atoms with E-state index in [-0.39, 0.29) is 28.3 Å². The molecule has 12 heteroatoms. The zero-order valence-electron chi connectivity index (χ0n) is 14.8. The molecule has 7 nitrogen and oxygen atoms in total. The summed E-state index contributed by atoms with van der Waals surface area (Å²) in [6.07, 6.45) is -3.62. The second-order valence-electron chi connectivity index (χ2n) is 6.09. The summed E-state index contributed by atoms with van der Waals surface area (Å²) < 4.78 is 57.0. The van der Waals surface area contributed by atoms with Crippen LogP contribution >= 0.6 is 11.6 Å². The summed E-state index contributed by atoms with van der Waals surface area (Å²) in [7, 11) is 0. The molecule has 0 saturated heterocycles. The minimum absolute atomic E-state index is 0.0837. The summed E-state index contributed by atoms with van der Waals surface area (Å²) in [5.74, 6) is -0.980. The Hall–Kier alpha value is -3.47. The third-order valence-corrected chi connectivity index (χ3v) is 4.49. The first-order valence-corrected chi connectivity index (χ1v) is 8.70. The largest absolute Gasteiger partial charge is 0.573 e. The van der Waals surface area contributed by atoms with Gasteiger partial charge in [0, 0.05) is 10.6 Å².